The zero-order valence-electron chi connectivity index (χ0n) is 7.50. The summed E-state index contributed by atoms with van der Waals surface area (Å²) in [7, 11) is 0. The number of nitrogens with one attached hydrogen (secondary N) is 1. The first-order valence-corrected chi connectivity index (χ1v) is 4.16. The predicted molar refractivity (Wildman–Crippen MR) is 50.2 cm³/mol. The van der Waals surface area contributed by atoms with E-state index in [1.54, 1.807) is 0 Å². The summed E-state index contributed by atoms with van der Waals surface area (Å²) >= 11 is 0. The summed E-state index contributed by atoms with van der Waals surface area (Å²) in [6, 6.07) is 3.01. The summed E-state index contributed by atoms with van der Waals surface area (Å²) < 4.78 is 26.1. The molecule has 1 aromatic heterocycles. The van der Waals surface area contributed by atoms with Crippen LogP contribution in [0.3, 0.4) is 0 Å². The maximum atomic E-state index is 13.3. The van der Waals surface area contributed by atoms with Crippen molar-refractivity contribution < 1.29 is 8.78 Å². The Morgan fingerprint density at radius 3 is 2.73 bits per heavy atom. The summed E-state index contributed by atoms with van der Waals surface area (Å²) in [6.07, 6.45) is 2.32. The number of aromatic nitrogens is 2. The molecule has 2 aromatic rings. The molecule has 15 heavy (non-hydrogen) atoms. The van der Waals surface area contributed by atoms with Crippen LogP contribution < -0.4 is 5.56 Å². The van der Waals surface area contributed by atoms with E-state index < -0.39 is 17.2 Å². The van der Waals surface area contributed by atoms with E-state index in [-0.39, 0.29) is 11.3 Å². The first-order chi connectivity index (χ1) is 7.16. The third-order valence-electron chi connectivity index (χ3n) is 1.87. The normalized spacial score (nSPS) is 10.3. The second-order valence-corrected chi connectivity index (χ2v) is 2.93. The molecule has 1 heterocycles. The Morgan fingerprint density at radius 1 is 1.20 bits per heavy atom. The molecule has 0 saturated carbocycles. The SMILES string of the molecule is O=c1cncc(-c2cc(F)ccc2F)[nH]1. The van der Waals surface area contributed by atoms with Gasteiger partial charge in [-0.15, -0.1) is 0 Å². The van der Waals surface area contributed by atoms with E-state index in [4.69, 9.17) is 0 Å². The van der Waals surface area contributed by atoms with E-state index in [0.29, 0.717) is 0 Å². The smallest absolute Gasteiger partial charge is 0.266 e. The van der Waals surface area contributed by atoms with Crippen LogP contribution in [-0.2, 0) is 0 Å². The van der Waals surface area contributed by atoms with Crippen LogP contribution in [0.2, 0.25) is 0 Å². The van der Waals surface area contributed by atoms with Crippen molar-refractivity contribution in [1.82, 2.24) is 9.97 Å². The highest BCUT2D eigenvalue weighted by molar-refractivity contribution is 5.58. The number of benzene rings is 1. The molecule has 0 aliphatic carbocycles. The van der Waals surface area contributed by atoms with Gasteiger partial charge in [0.05, 0.1) is 18.1 Å². The van der Waals surface area contributed by atoms with E-state index in [9.17, 15) is 13.6 Å². The fourth-order valence-electron chi connectivity index (χ4n) is 1.22. The van der Waals surface area contributed by atoms with Gasteiger partial charge >= 0.3 is 0 Å². The molecular weight excluding hydrogens is 202 g/mol. The Hall–Kier alpha value is -2.04. The van der Waals surface area contributed by atoms with Crippen molar-refractivity contribution in [3.05, 3.63) is 52.6 Å². The van der Waals surface area contributed by atoms with E-state index in [1.807, 2.05) is 0 Å². The topological polar surface area (TPSA) is 45.8 Å². The number of aromatic amines is 1. The summed E-state index contributed by atoms with van der Waals surface area (Å²) in [6.45, 7) is 0. The van der Waals surface area contributed by atoms with Crippen molar-refractivity contribution in [2.45, 2.75) is 0 Å². The van der Waals surface area contributed by atoms with Crippen LogP contribution in [0.5, 0.6) is 0 Å². The fourth-order valence-corrected chi connectivity index (χ4v) is 1.22. The standard InChI is InChI=1S/C10H6F2N2O/c11-6-1-2-8(12)7(3-6)9-4-13-5-10(15)14-9/h1-5H,(H,14,15). The minimum Gasteiger partial charge on any atom is -0.319 e. The van der Waals surface area contributed by atoms with Gasteiger partial charge in [0.2, 0.25) is 0 Å². The minimum absolute atomic E-state index is 0.0137. The molecule has 0 radical (unpaired) electrons. The zero-order valence-corrected chi connectivity index (χ0v) is 7.50. The average Bonchev–Trinajstić information content (AvgIpc) is 2.22. The molecule has 0 amide bonds. The number of rotatable bonds is 1. The average molecular weight is 208 g/mol. The van der Waals surface area contributed by atoms with Gasteiger partial charge in [-0.05, 0) is 18.2 Å². The van der Waals surface area contributed by atoms with E-state index in [0.717, 1.165) is 24.4 Å². The first kappa shape index (κ1) is 9.51. The molecule has 0 unspecified atom stereocenters. The van der Waals surface area contributed by atoms with Crippen LogP contribution in [0.15, 0.2) is 35.4 Å². The van der Waals surface area contributed by atoms with Crippen molar-refractivity contribution in [3.8, 4) is 11.3 Å². The molecule has 0 fully saturated rings. The van der Waals surface area contributed by atoms with Gasteiger partial charge < -0.3 is 4.98 Å². The molecule has 3 nitrogen and oxygen atoms in total. The molecule has 0 saturated heterocycles. The Morgan fingerprint density at radius 2 is 2.00 bits per heavy atom. The second-order valence-electron chi connectivity index (χ2n) is 2.93. The van der Waals surface area contributed by atoms with Crippen molar-refractivity contribution in [1.29, 1.82) is 0 Å². The van der Waals surface area contributed by atoms with Gasteiger partial charge in [0, 0.05) is 5.56 Å². The lowest BCUT2D eigenvalue weighted by molar-refractivity contribution is 0.602. The van der Waals surface area contributed by atoms with E-state index >= 15 is 0 Å². The van der Waals surface area contributed by atoms with Crippen LogP contribution in [-0.4, -0.2) is 9.97 Å². The second kappa shape index (κ2) is 3.61. The third-order valence-corrected chi connectivity index (χ3v) is 1.87. The Bertz CT molecular complexity index is 551. The summed E-state index contributed by atoms with van der Waals surface area (Å²) in [5, 5.41) is 0. The Labute approximate surface area is 83.4 Å². The molecule has 0 aliphatic rings. The summed E-state index contributed by atoms with van der Waals surface area (Å²) in [5.74, 6) is -1.18. The molecule has 0 spiro atoms. The third kappa shape index (κ3) is 1.90. The number of halogens is 2. The van der Waals surface area contributed by atoms with Crippen molar-refractivity contribution >= 4 is 0 Å². The highest BCUT2D eigenvalue weighted by Crippen LogP contribution is 2.19. The van der Waals surface area contributed by atoms with Gasteiger partial charge in [0.1, 0.15) is 11.6 Å². The fraction of sp³-hybridized carbons (Fsp3) is 0. The number of H-pyrrole nitrogens is 1. The van der Waals surface area contributed by atoms with Crippen LogP contribution in [0.4, 0.5) is 8.78 Å². The number of nitrogens with zero attached hydrogens (tertiary/aromatic N) is 1. The van der Waals surface area contributed by atoms with E-state index in [2.05, 4.69) is 9.97 Å². The van der Waals surface area contributed by atoms with Gasteiger partial charge in [-0.2, -0.15) is 0 Å². The summed E-state index contributed by atoms with van der Waals surface area (Å²) in [4.78, 5) is 16.9. The highest BCUT2D eigenvalue weighted by atomic mass is 19.1. The van der Waals surface area contributed by atoms with Crippen LogP contribution >= 0.6 is 0 Å². The first-order valence-electron chi connectivity index (χ1n) is 4.16. The van der Waals surface area contributed by atoms with Gasteiger partial charge in [0.15, 0.2) is 0 Å². The molecule has 0 bridgehead atoms. The molecule has 2 rings (SSSR count). The van der Waals surface area contributed by atoms with Crippen LogP contribution in [0.1, 0.15) is 0 Å². The molecule has 1 aromatic carbocycles. The lowest BCUT2D eigenvalue weighted by Gasteiger charge is -2.01. The molecule has 0 aliphatic heterocycles. The molecular formula is C10H6F2N2O. The van der Waals surface area contributed by atoms with Gasteiger partial charge in [-0.1, -0.05) is 0 Å². The maximum Gasteiger partial charge on any atom is 0.266 e. The Kier molecular flexibility index (Phi) is 2.29. The minimum atomic E-state index is -0.611. The highest BCUT2D eigenvalue weighted by Gasteiger charge is 2.07. The van der Waals surface area contributed by atoms with Gasteiger partial charge in [-0.25, -0.2) is 8.78 Å². The number of hydrogen-bond donors (Lipinski definition) is 1. The number of hydrogen-bond acceptors (Lipinski definition) is 2. The monoisotopic (exact) mass is 208 g/mol. The van der Waals surface area contributed by atoms with Crippen molar-refractivity contribution in [2.75, 3.05) is 0 Å². The lowest BCUT2D eigenvalue weighted by Crippen LogP contribution is -2.06. The van der Waals surface area contributed by atoms with Crippen LogP contribution in [0, 0.1) is 11.6 Å². The van der Waals surface area contributed by atoms with Crippen LogP contribution in [0.25, 0.3) is 11.3 Å². The quantitative estimate of drug-likeness (QED) is 0.775. The molecule has 0 atom stereocenters. The molecule has 76 valence electrons. The van der Waals surface area contributed by atoms with Crippen molar-refractivity contribution in [2.24, 2.45) is 0 Å². The molecule has 5 heteroatoms. The zero-order chi connectivity index (χ0) is 10.8. The van der Waals surface area contributed by atoms with E-state index in [1.165, 1.54) is 6.20 Å². The molecule has 1 N–H and O–H groups in total. The van der Waals surface area contributed by atoms with Gasteiger partial charge in [-0.3, -0.25) is 9.78 Å². The van der Waals surface area contributed by atoms with Gasteiger partial charge in [0.25, 0.3) is 5.56 Å². The largest absolute Gasteiger partial charge is 0.319 e. The van der Waals surface area contributed by atoms with Crippen molar-refractivity contribution in [3.63, 3.8) is 0 Å². The maximum absolute atomic E-state index is 13.3. The summed E-state index contributed by atoms with van der Waals surface area (Å²) in [5.41, 5.74) is -0.323. The predicted octanol–water partition coefficient (Wildman–Crippen LogP) is 1.72. The lowest BCUT2D eigenvalue weighted by atomic mass is 10.1. The Balaban J connectivity index is 2.63.